The van der Waals surface area contributed by atoms with Crippen LogP contribution in [0.3, 0.4) is 0 Å². The van der Waals surface area contributed by atoms with Crippen molar-refractivity contribution in [2.45, 2.75) is 26.4 Å². The van der Waals surface area contributed by atoms with Crippen molar-refractivity contribution in [2.75, 3.05) is 5.32 Å². The Bertz CT molecular complexity index is 550. The molecule has 19 heavy (non-hydrogen) atoms. The summed E-state index contributed by atoms with van der Waals surface area (Å²) in [6, 6.07) is 3.98. The van der Waals surface area contributed by atoms with Crippen molar-refractivity contribution in [1.82, 2.24) is 0 Å². The minimum atomic E-state index is -0.738. The van der Waals surface area contributed by atoms with Crippen LogP contribution in [0.4, 0.5) is 14.9 Å². The van der Waals surface area contributed by atoms with E-state index in [0.717, 1.165) is 6.07 Å². The van der Waals surface area contributed by atoms with Gasteiger partial charge in [-0.15, -0.1) is 0 Å². The maximum Gasteiger partial charge on any atom is 0.412 e. The Balaban J connectivity index is 2.80. The van der Waals surface area contributed by atoms with Crippen LogP contribution >= 0.6 is 0 Å². The number of anilines is 1. The quantitative estimate of drug-likeness (QED) is 0.626. The summed E-state index contributed by atoms with van der Waals surface area (Å²) >= 11 is 0. The number of ether oxygens (including phenoxy) is 1. The highest BCUT2D eigenvalue weighted by atomic mass is 19.1. The summed E-state index contributed by atoms with van der Waals surface area (Å²) in [5.74, 6) is 3.98. The maximum atomic E-state index is 13.6. The average Bonchev–Trinajstić information content (AvgIpc) is 2.27. The lowest BCUT2D eigenvalue weighted by molar-refractivity contribution is -0.103. The average molecular weight is 263 g/mol. The van der Waals surface area contributed by atoms with Gasteiger partial charge in [-0.1, -0.05) is 5.92 Å². The third-order valence-electron chi connectivity index (χ3n) is 1.88. The van der Waals surface area contributed by atoms with Crippen molar-refractivity contribution in [3.05, 3.63) is 29.6 Å². The summed E-state index contributed by atoms with van der Waals surface area (Å²) in [4.78, 5) is 21.5. The minimum Gasteiger partial charge on any atom is -0.444 e. The molecule has 0 atom stereocenters. The molecule has 1 rings (SSSR count). The monoisotopic (exact) mass is 263 g/mol. The third kappa shape index (κ3) is 5.21. The Labute approximate surface area is 111 Å². The second-order valence-corrected chi connectivity index (χ2v) is 4.71. The second kappa shape index (κ2) is 6.01. The van der Waals surface area contributed by atoms with Gasteiger partial charge in [0.25, 0.3) is 0 Å². The Morgan fingerprint density at radius 2 is 2.11 bits per heavy atom. The van der Waals surface area contributed by atoms with E-state index in [4.69, 9.17) is 4.74 Å². The number of halogens is 1. The van der Waals surface area contributed by atoms with Crippen LogP contribution in [0.15, 0.2) is 18.2 Å². The van der Waals surface area contributed by atoms with Gasteiger partial charge in [0, 0.05) is 5.56 Å². The molecule has 1 amide bonds. The molecular weight excluding hydrogens is 249 g/mol. The zero-order valence-electron chi connectivity index (χ0n) is 10.9. The molecule has 5 heteroatoms. The van der Waals surface area contributed by atoms with Gasteiger partial charge in [0.05, 0.1) is 5.69 Å². The van der Waals surface area contributed by atoms with Crippen molar-refractivity contribution in [3.8, 4) is 11.8 Å². The van der Waals surface area contributed by atoms with Gasteiger partial charge >= 0.3 is 6.09 Å². The van der Waals surface area contributed by atoms with Crippen LogP contribution in [0.1, 0.15) is 26.3 Å². The molecular formula is C14H14FNO3. The van der Waals surface area contributed by atoms with E-state index >= 15 is 0 Å². The largest absolute Gasteiger partial charge is 0.444 e. The molecule has 0 aliphatic carbocycles. The topological polar surface area (TPSA) is 55.4 Å². The molecule has 0 spiro atoms. The molecule has 1 aromatic carbocycles. The van der Waals surface area contributed by atoms with E-state index in [1.165, 1.54) is 12.1 Å². The highest BCUT2D eigenvalue weighted by Crippen LogP contribution is 2.17. The van der Waals surface area contributed by atoms with Gasteiger partial charge in [0.2, 0.25) is 0 Å². The van der Waals surface area contributed by atoms with Crippen LogP contribution in [-0.2, 0) is 9.53 Å². The molecule has 0 saturated heterocycles. The lowest BCUT2D eigenvalue weighted by Gasteiger charge is -2.19. The van der Waals surface area contributed by atoms with Gasteiger partial charge in [-0.25, -0.2) is 9.18 Å². The van der Waals surface area contributed by atoms with Gasteiger partial charge < -0.3 is 4.74 Å². The van der Waals surface area contributed by atoms with Crippen molar-refractivity contribution in [1.29, 1.82) is 0 Å². The molecule has 4 nitrogen and oxygen atoms in total. The number of aldehydes is 1. The Morgan fingerprint density at radius 3 is 2.63 bits per heavy atom. The number of amides is 1. The van der Waals surface area contributed by atoms with Gasteiger partial charge in [-0.3, -0.25) is 10.1 Å². The molecule has 0 aliphatic rings. The first-order valence-corrected chi connectivity index (χ1v) is 5.56. The van der Waals surface area contributed by atoms with Gasteiger partial charge in [0.1, 0.15) is 11.4 Å². The molecule has 0 unspecified atom stereocenters. The Kier molecular flexibility index (Phi) is 4.65. The number of rotatable bonds is 1. The summed E-state index contributed by atoms with van der Waals surface area (Å²) in [7, 11) is 0. The van der Waals surface area contributed by atoms with Crippen LogP contribution in [0.5, 0.6) is 0 Å². The molecule has 0 radical (unpaired) electrons. The number of hydrogen-bond acceptors (Lipinski definition) is 3. The molecule has 0 fully saturated rings. The number of carbonyl (C=O) groups excluding carboxylic acids is 2. The van der Waals surface area contributed by atoms with E-state index in [0.29, 0.717) is 11.8 Å². The molecule has 0 bridgehead atoms. The standard InChI is InChI=1S/C14H14FNO3/c1-14(2,3)19-13(18)16-12-7-6-10(5-4-8-17)9-11(12)15/h6-9H,1-3H3,(H,16,18). The van der Waals surface area contributed by atoms with Crippen LogP contribution in [0.25, 0.3) is 0 Å². The number of nitrogens with one attached hydrogen (secondary N) is 1. The normalized spacial score (nSPS) is 10.1. The second-order valence-electron chi connectivity index (χ2n) is 4.71. The van der Waals surface area contributed by atoms with Crippen LogP contribution in [-0.4, -0.2) is 18.0 Å². The number of carbonyl (C=O) groups is 2. The van der Waals surface area contributed by atoms with Crippen molar-refractivity contribution >= 4 is 18.1 Å². The van der Waals surface area contributed by atoms with Crippen molar-refractivity contribution in [3.63, 3.8) is 0 Å². The van der Waals surface area contributed by atoms with Crippen molar-refractivity contribution in [2.24, 2.45) is 0 Å². The number of hydrogen-bond donors (Lipinski definition) is 1. The highest BCUT2D eigenvalue weighted by Gasteiger charge is 2.17. The van der Waals surface area contributed by atoms with Crippen molar-refractivity contribution < 1.29 is 18.7 Å². The summed E-state index contributed by atoms with van der Waals surface area (Å²) in [5.41, 5.74) is -0.319. The summed E-state index contributed by atoms with van der Waals surface area (Å²) < 4.78 is 18.6. The van der Waals surface area contributed by atoms with Gasteiger partial charge in [-0.2, -0.15) is 0 Å². The third-order valence-corrected chi connectivity index (χ3v) is 1.88. The fourth-order valence-electron chi connectivity index (χ4n) is 1.22. The summed E-state index contributed by atoms with van der Waals surface area (Å²) in [6.07, 6.45) is -0.316. The molecule has 0 heterocycles. The van der Waals surface area contributed by atoms with Crippen LogP contribution < -0.4 is 5.32 Å². The first-order valence-electron chi connectivity index (χ1n) is 5.56. The summed E-state index contributed by atoms with van der Waals surface area (Å²) in [6.45, 7) is 5.13. The van der Waals surface area contributed by atoms with E-state index in [-0.39, 0.29) is 5.69 Å². The number of benzene rings is 1. The van der Waals surface area contributed by atoms with E-state index < -0.39 is 17.5 Å². The summed E-state index contributed by atoms with van der Waals surface area (Å²) in [5, 5.41) is 2.30. The Morgan fingerprint density at radius 1 is 1.42 bits per heavy atom. The van der Waals surface area contributed by atoms with Gasteiger partial charge in [-0.05, 0) is 44.9 Å². The first-order chi connectivity index (χ1) is 8.81. The van der Waals surface area contributed by atoms with E-state index in [2.05, 4.69) is 17.2 Å². The predicted octanol–water partition coefficient (Wildman–Crippen LogP) is 2.72. The molecule has 0 aliphatic heterocycles. The molecule has 1 aromatic rings. The zero-order chi connectivity index (χ0) is 14.5. The van der Waals surface area contributed by atoms with E-state index in [1.54, 1.807) is 20.8 Å². The molecule has 0 saturated carbocycles. The predicted molar refractivity (Wildman–Crippen MR) is 69.2 cm³/mol. The minimum absolute atomic E-state index is 0.00842. The van der Waals surface area contributed by atoms with Crippen LogP contribution in [0, 0.1) is 17.7 Å². The lowest BCUT2D eigenvalue weighted by Crippen LogP contribution is -2.27. The fraction of sp³-hybridized carbons (Fsp3) is 0.286. The van der Waals surface area contributed by atoms with Gasteiger partial charge in [0.15, 0.2) is 6.29 Å². The van der Waals surface area contributed by atoms with Crippen LogP contribution in [0.2, 0.25) is 0 Å². The smallest absolute Gasteiger partial charge is 0.412 e. The SMILES string of the molecule is CC(C)(C)OC(=O)Nc1ccc(C#CC=O)cc1F. The Hall–Kier alpha value is -2.35. The molecule has 0 aromatic heterocycles. The highest BCUT2D eigenvalue weighted by molar-refractivity contribution is 5.85. The zero-order valence-corrected chi connectivity index (χ0v) is 10.9. The first kappa shape index (κ1) is 14.7. The van der Waals surface area contributed by atoms with E-state index in [1.807, 2.05) is 0 Å². The molecule has 1 N–H and O–H groups in total. The lowest BCUT2D eigenvalue weighted by atomic mass is 10.2. The maximum absolute atomic E-state index is 13.6. The van der Waals surface area contributed by atoms with E-state index in [9.17, 15) is 14.0 Å². The fourth-order valence-corrected chi connectivity index (χ4v) is 1.22. The molecule has 100 valence electrons.